The fourth-order valence-corrected chi connectivity index (χ4v) is 1.35. The van der Waals surface area contributed by atoms with Crippen LogP contribution in [0.25, 0.3) is 0 Å². The van der Waals surface area contributed by atoms with Crippen molar-refractivity contribution in [1.82, 2.24) is 0 Å². The summed E-state index contributed by atoms with van der Waals surface area (Å²) in [6, 6.07) is 6.23. The third-order valence-corrected chi connectivity index (χ3v) is 2.14. The smallest absolute Gasteiger partial charge is 0.338 e. The van der Waals surface area contributed by atoms with Crippen LogP contribution in [0.1, 0.15) is 11.7 Å². The SMILES string of the molecule is COC(=O)[C@H]1O[C@@H]1c1ccccc1F. The molecule has 1 aliphatic rings. The second-order valence-corrected chi connectivity index (χ2v) is 3.02. The number of methoxy groups -OCH3 is 1. The molecule has 14 heavy (non-hydrogen) atoms. The fourth-order valence-electron chi connectivity index (χ4n) is 1.35. The van der Waals surface area contributed by atoms with E-state index in [1.54, 1.807) is 18.2 Å². The van der Waals surface area contributed by atoms with Crippen LogP contribution in [-0.4, -0.2) is 19.2 Å². The fraction of sp³-hybridized carbons (Fsp3) is 0.300. The van der Waals surface area contributed by atoms with Gasteiger partial charge in [-0.1, -0.05) is 18.2 Å². The first-order chi connectivity index (χ1) is 6.74. The highest BCUT2D eigenvalue weighted by Gasteiger charge is 2.48. The van der Waals surface area contributed by atoms with E-state index in [9.17, 15) is 9.18 Å². The molecule has 1 aromatic carbocycles. The van der Waals surface area contributed by atoms with Crippen LogP contribution in [-0.2, 0) is 14.3 Å². The molecule has 1 aromatic rings. The van der Waals surface area contributed by atoms with Gasteiger partial charge >= 0.3 is 5.97 Å². The van der Waals surface area contributed by atoms with E-state index in [0.717, 1.165) is 0 Å². The van der Waals surface area contributed by atoms with Gasteiger partial charge in [-0.15, -0.1) is 0 Å². The molecule has 0 spiro atoms. The molecule has 2 rings (SSSR count). The Hall–Kier alpha value is -1.42. The summed E-state index contributed by atoms with van der Waals surface area (Å²) < 4.78 is 22.7. The van der Waals surface area contributed by atoms with Crippen molar-refractivity contribution in [2.24, 2.45) is 0 Å². The molecule has 3 nitrogen and oxygen atoms in total. The molecule has 4 heteroatoms. The van der Waals surface area contributed by atoms with E-state index in [4.69, 9.17) is 4.74 Å². The molecule has 1 saturated heterocycles. The first-order valence-corrected chi connectivity index (χ1v) is 4.21. The Balaban J connectivity index is 2.13. The van der Waals surface area contributed by atoms with Crippen molar-refractivity contribution in [3.05, 3.63) is 35.6 Å². The predicted octanol–water partition coefficient (Wildman–Crippen LogP) is 1.44. The molecule has 0 bridgehead atoms. The zero-order chi connectivity index (χ0) is 10.1. The summed E-state index contributed by atoms with van der Waals surface area (Å²) in [7, 11) is 1.28. The Morgan fingerprint density at radius 1 is 1.50 bits per heavy atom. The normalized spacial score (nSPS) is 24.4. The Bertz CT molecular complexity index is 364. The van der Waals surface area contributed by atoms with Gasteiger partial charge in [0.15, 0.2) is 6.10 Å². The van der Waals surface area contributed by atoms with E-state index in [1.165, 1.54) is 13.2 Å². The zero-order valence-corrected chi connectivity index (χ0v) is 7.57. The monoisotopic (exact) mass is 196 g/mol. The Labute approximate surface area is 80.4 Å². The Morgan fingerprint density at radius 2 is 2.21 bits per heavy atom. The zero-order valence-electron chi connectivity index (χ0n) is 7.57. The molecule has 1 heterocycles. The van der Waals surface area contributed by atoms with Crippen molar-refractivity contribution in [2.75, 3.05) is 7.11 Å². The molecule has 2 atom stereocenters. The molecule has 0 N–H and O–H groups in total. The first kappa shape index (κ1) is 9.15. The van der Waals surface area contributed by atoms with Gasteiger partial charge in [0, 0.05) is 5.56 Å². The van der Waals surface area contributed by atoms with Crippen LogP contribution < -0.4 is 0 Å². The average molecular weight is 196 g/mol. The van der Waals surface area contributed by atoms with Gasteiger partial charge in [0.2, 0.25) is 0 Å². The first-order valence-electron chi connectivity index (χ1n) is 4.21. The molecule has 1 aliphatic heterocycles. The van der Waals surface area contributed by atoms with Gasteiger partial charge in [-0.2, -0.15) is 0 Å². The molecule has 0 aliphatic carbocycles. The second-order valence-electron chi connectivity index (χ2n) is 3.02. The molecule has 0 unspecified atom stereocenters. The van der Waals surface area contributed by atoms with Crippen molar-refractivity contribution < 1.29 is 18.7 Å². The summed E-state index contributed by atoms with van der Waals surface area (Å²) in [6.07, 6.45) is -1.12. The van der Waals surface area contributed by atoms with Crippen LogP contribution >= 0.6 is 0 Å². The summed E-state index contributed by atoms with van der Waals surface area (Å²) in [5.74, 6) is -0.817. The van der Waals surface area contributed by atoms with Crippen LogP contribution in [0.4, 0.5) is 4.39 Å². The third-order valence-electron chi connectivity index (χ3n) is 2.14. The number of epoxide rings is 1. The van der Waals surface area contributed by atoms with E-state index >= 15 is 0 Å². The highest BCUT2D eigenvalue weighted by Crippen LogP contribution is 2.40. The number of rotatable bonds is 2. The molecule has 0 aromatic heterocycles. The van der Waals surface area contributed by atoms with Crippen LogP contribution in [0, 0.1) is 5.82 Å². The van der Waals surface area contributed by atoms with E-state index < -0.39 is 18.2 Å². The van der Waals surface area contributed by atoms with Crippen molar-refractivity contribution >= 4 is 5.97 Å². The summed E-state index contributed by atoms with van der Waals surface area (Å²) >= 11 is 0. The van der Waals surface area contributed by atoms with Gasteiger partial charge in [0.05, 0.1) is 7.11 Å². The molecule has 0 radical (unpaired) electrons. The molecule has 0 saturated carbocycles. The van der Waals surface area contributed by atoms with Crippen LogP contribution in [0.5, 0.6) is 0 Å². The van der Waals surface area contributed by atoms with Crippen molar-refractivity contribution in [3.8, 4) is 0 Å². The molecular weight excluding hydrogens is 187 g/mol. The number of carbonyl (C=O) groups is 1. The summed E-state index contributed by atoms with van der Waals surface area (Å²) in [5, 5.41) is 0. The van der Waals surface area contributed by atoms with Crippen LogP contribution in [0.2, 0.25) is 0 Å². The average Bonchev–Trinajstić information content (AvgIpc) is 2.97. The number of halogens is 1. The lowest BCUT2D eigenvalue weighted by atomic mass is 10.1. The number of carbonyl (C=O) groups excluding carboxylic acids is 1. The standard InChI is InChI=1S/C10H9FO3/c1-13-10(12)9-8(14-9)6-4-2-3-5-7(6)11/h2-5,8-9H,1H3/t8-,9+/m1/s1. The molecule has 1 fully saturated rings. The van der Waals surface area contributed by atoms with E-state index in [2.05, 4.69) is 4.74 Å². The topological polar surface area (TPSA) is 38.8 Å². The van der Waals surface area contributed by atoms with Crippen LogP contribution in [0.15, 0.2) is 24.3 Å². The minimum atomic E-state index is -0.642. The number of benzene rings is 1. The molecule has 74 valence electrons. The molecular formula is C10H9FO3. The highest BCUT2D eigenvalue weighted by molar-refractivity contribution is 5.78. The lowest BCUT2D eigenvalue weighted by Crippen LogP contribution is -2.09. The summed E-state index contributed by atoms with van der Waals surface area (Å²) in [6.45, 7) is 0. The predicted molar refractivity (Wildman–Crippen MR) is 46.0 cm³/mol. The third kappa shape index (κ3) is 1.48. The number of hydrogen-bond donors (Lipinski definition) is 0. The lowest BCUT2D eigenvalue weighted by Gasteiger charge is -1.97. The van der Waals surface area contributed by atoms with E-state index in [0.29, 0.717) is 5.56 Å². The maximum Gasteiger partial charge on any atom is 0.338 e. The van der Waals surface area contributed by atoms with E-state index in [1.807, 2.05) is 0 Å². The number of ether oxygens (including phenoxy) is 2. The van der Waals surface area contributed by atoms with Gasteiger partial charge in [0.25, 0.3) is 0 Å². The maximum atomic E-state index is 13.2. The number of esters is 1. The second kappa shape index (κ2) is 3.38. The van der Waals surface area contributed by atoms with Crippen molar-refractivity contribution in [1.29, 1.82) is 0 Å². The van der Waals surface area contributed by atoms with Crippen molar-refractivity contribution in [2.45, 2.75) is 12.2 Å². The Kier molecular flexibility index (Phi) is 2.21. The quantitative estimate of drug-likeness (QED) is 0.530. The largest absolute Gasteiger partial charge is 0.467 e. The highest BCUT2D eigenvalue weighted by atomic mass is 19.1. The summed E-state index contributed by atoms with van der Waals surface area (Å²) in [4.78, 5) is 11.0. The number of hydrogen-bond acceptors (Lipinski definition) is 3. The van der Waals surface area contributed by atoms with Gasteiger partial charge < -0.3 is 9.47 Å². The van der Waals surface area contributed by atoms with Gasteiger partial charge in [0.1, 0.15) is 11.9 Å². The van der Waals surface area contributed by atoms with Gasteiger partial charge in [-0.05, 0) is 6.07 Å². The summed E-state index contributed by atoms with van der Waals surface area (Å²) in [5.41, 5.74) is 0.405. The van der Waals surface area contributed by atoms with Gasteiger partial charge in [-0.25, -0.2) is 9.18 Å². The maximum absolute atomic E-state index is 13.2. The van der Waals surface area contributed by atoms with E-state index in [-0.39, 0.29) is 5.82 Å². The minimum absolute atomic E-state index is 0.357. The van der Waals surface area contributed by atoms with Crippen molar-refractivity contribution in [3.63, 3.8) is 0 Å². The minimum Gasteiger partial charge on any atom is -0.467 e. The Morgan fingerprint density at radius 3 is 2.86 bits per heavy atom. The lowest BCUT2D eigenvalue weighted by molar-refractivity contribution is -0.142. The van der Waals surface area contributed by atoms with Crippen LogP contribution in [0.3, 0.4) is 0 Å². The molecule has 0 amide bonds. The van der Waals surface area contributed by atoms with Gasteiger partial charge in [-0.3, -0.25) is 0 Å².